The Labute approximate surface area is 113 Å². The van der Waals surface area contributed by atoms with E-state index in [1.54, 1.807) is 0 Å². The van der Waals surface area contributed by atoms with Crippen LogP contribution in [0.3, 0.4) is 0 Å². The molecule has 0 saturated carbocycles. The molecule has 0 aromatic rings. The van der Waals surface area contributed by atoms with Gasteiger partial charge in [0, 0.05) is 17.6 Å². The zero-order valence-corrected chi connectivity index (χ0v) is 13.2. The van der Waals surface area contributed by atoms with Crippen molar-refractivity contribution in [3.05, 3.63) is 0 Å². The van der Waals surface area contributed by atoms with Crippen LogP contribution in [0.5, 0.6) is 0 Å². The van der Waals surface area contributed by atoms with Gasteiger partial charge in [-0.05, 0) is 46.7 Å². The molecule has 0 amide bonds. The predicted octanol–water partition coefficient (Wildman–Crippen LogP) is 0.205. The van der Waals surface area contributed by atoms with Gasteiger partial charge in [-0.15, -0.1) is 4.72 Å². The molecule has 0 spiro atoms. The number of hydrogen-bond donors (Lipinski definition) is 2. The van der Waals surface area contributed by atoms with Crippen LogP contribution in [0.4, 0.5) is 0 Å². The van der Waals surface area contributed by atoms with Crippen LogP contribution in [0.25, 0.3) is 0 Å². The van der Waals surface area contributed by atoms with Crippen LogP contribution in [0, 0.1) is 0 Å². The summed E-state index contributed by atoms with van der Waals surface area (Å²) >= 11 is -1.25. The van der Waals surface area contributed by atoms with Gasteiger partial charge >= 0.3 is 0 Å². The van der Waals surface area contributed by atoms with Crippen molar-refractivity contribution in [3.63, 3.8) is 0 Å². The monoisotopic (exact) mass is 296 g/mol. The molecule has 7 heteroatoms. The van der Waals surface area contributed by atoms with Gasteiger partial charge in [-0.2, -0.15) is 0 Å². The maximum Gasteiger partial charge on any atom is 0.149 e. The molecule has 1 atom stereocenters. The van der Waals surface area contributed by atoms with Gasteiger partial charge in [0.05, 0.1) is 11.3 Å². The minimum atomic E-state index is -3.10. The van der Waals surface area contributed by atoms with E-state index in [4.69, 9.17) is 0 Å². The van der Waals surface area contributed by atoms with Gasteiger partial charge < -0.3 is 9.87 Å². The first-order chi connectivity index (χ1) is 8.04. The molecule has 0 aliphatic carbocycles. The first-order valence-corrected chi connectivity index (χ1v) is 9.33. The lowest BCUT2D eigenvalue weighted by atomic mass is 9.92. The fourth-order valence-electron chi connectivity index (χ4n) is 2.03. The average molecular weight is 296 g/mol. The first kappa shape index (κ1) is 16.2. The van der Waals surface area contributed by atoms with Crippen molar-refractivity contribution in [3.8, 4) is 0 Å². The molecule has 1 heterocycles. The summed E-state index contributed by atoms with van der Waals surface area (Å²) in [6.45, 7) is 7.15. The Balaban J connectivity index is 2.84. The van der Waals surface area contributed by atoms with Crippen molar-refractivity contribution in [2.75, 3.05) is 25.1 Å². The molecule has 1 aliphatic heterocycles. The summed E-state index contributed by atoms with van der Waals surface area (Å²) in [5.41, 5.74) is -0.559. The lowest BCUT2D eigenvalue weighted by Crippen LogP contribution is -2.60. The molecule has 1 fully saturated rings. The van der Waals surface area contributed by atoms with Gasteiger partial charge in [-0.1, -0.05) is 0 Å². The van der Waals surface area contributed by atoms with E-state index in [1.165, 1.54) is 6.26 Å². The normalized spacial score (nSPS) is 22.7. The number of rotatable bonds is 4. The summed E-state index contributed by atoms with van der Waals surface area (Å²) in [7, 11) is -3.10. The highest BCUT2D eigenvalue weighted by atomic mass is 32.2. The minimum absolute atomic E-state index is 0.0451. The Morgan fingerprint density at radius 3 is 2.22 bits per heavy atom. The number of nitrogens with one attached hydrogen (secondary N) is 2. The average Bonchev–Trinajstić information content (AvgIpc) is 2.14. The summed E-state index contributed by atoms with van der Waals surface area (Å²) in [6, 6.07) is 0. The summed E-state index contributed by atoms with van der Waals surface area (Å²) in [6.07, 6.45) is 2.60. The third kappa shape index (κ3) is 5.05. The zero-order valence-electron chi connectivity index (χ0n) is 11.6. The molecule has 0 aromatic carbocycles. The molecule has 0 bridgehead atoms. The van der Waals surface area contributed by atoms with Crippen LogP contribution < -0.4 is 10.0 Å². The first-order valence-electron chi connectivity index (χ1n) is 6.12. The second-order valence-electron chi connectivity index (χ2n) is 6.08. The molecule has 108 valence electrons. The van der Waals surface area contributed by atoms with Crippen LogP contribution in [-0.2, 0) is 21.2 Å². The predicted molar refractivity (Wildman–Crippen MR) is 75.6 cm³/mol. The van der Waals surface area contributed by atoms with Crippen LogP contribution in [0.2, 0.25) is 0 Å². The van der Waals surface area contributed by atoms with E-state index in [0.717, 1.165) is 13.1 Å². The molecule has 0 radical (unpaired) electrons. The Kier molecular flexibility index (Phi) is 5.11. The molecular weight excluding hydrogens is 272 g/mol. The minimum Gasteiger partial charge on any atom is -0.598 e. The maximum atomic E-state index is 12.2. The Bertz CT molecular complexity index is 370. The van der Waals surface area contributed by atoms with E-state index in [9.17, 15) is 13.0 Å². The van der Waals surface area contributed by atoms with E-state index in [-0.39, 0.29) is 5.75 Å². The summed E-state index contributed by atoms with van der Waals surface area (Å²) in [5, 5.41) is 3.20. The second kappa shape index (κ2) is 5.66. The highest BCUT2D eigenvalue weighted by Crippen LogP contribution is 2.25. The van der Waals surface area contributed by atoms with Gasteiger partial charge in [0.2, 0.25) is 0 Å². The van der Waals surface area contributed by atoms with Gasteiger partial charge in [-0.25, -0.2) is 8.42 Å². The zero-order chi connectivity index (χ0) is 14.0. The third-order valence-corrected chi connectivity index (χ3v) is 5.77. The fourth-order valence-corrected chi connectivity index (χ4v) is 4.46. The Morgan fingerprint density at radius 2 is 1.83 bits per heavy atom. The highest BCUT2D eigenvalue weighted by Gasteiger charge is 2.42. The second-order valence-corrected chi connectivity index (χ2v) is 10.2. The van der Waals surface area contributed by atoms with Crippen molar-refractivity contribution in [1.29, 1.82) is 0 Å². The molecule has 0 aromatic heterocycles. The van der Waals surface area contributed by atoms with Gasteiger partial charge in [0.15, 0.2) is 0 Å². The van der Waals surface area contributed by atoms with Crippen molar-refractivity contribution >= 4 is 21.2 Å². The molecule has 18 heavy (non-hydrogen) atoms. The topological polar surface area (TPSA) is 81.3 Å². The molecule has 1 saturated heterocycles. The van der Waals surface area contributed by atoms with Crippen molar-refractivity contribution in [2.24, 2.45) is 0 Å². The van der Waals surface area contributed by atoms with Crippen LogP contribution in [0.1, 0.15) is 33.6 Å². The number of piperidine rings is 1. The van der Waals surface area contributed by atoms with Crippen LogP contribution >= 0.6 is 0 Å². The highest BCUT2D eigenvalue weighted by molar-refractivity contribution is 7.91. The van der Waals surface area contributed by atoms with E-state index >= 15 is 0 Å². The quantitative estimate of drug-likeness (QED) is 0.725. The molecule has 1 unspecified atom stereocenters. The molecule has 1 aliphatic rings. The summed E-state index contributed by atoms with van der Waals surface area (Å²) in [4.78, 5) is 0. The lowest BCUT2D eigenvalue weighted by Gasteiger charge is -2.39. The SMILES string of the molecule is CC(C)(C)[S+]([O-])NC1(CS(C)(=O)=O)CCNCC1. The molecule has 2 N–H and O–H groups in total. The van der Waals surface area contributed by atoms with Crippen molar-refractivity contribution in [1.82, 2.24) is 10.0 Å². The summed E-state index contributed by atoms with van der Waals surface area (Å²) in [5.74, 6) is 0.0451. The van der Waals surface area contributed by atoms with Crippen molar-refractivity contribution < 1.29 is 13.0 Å². The van der Waals surface area contributed by atoms with E-state index < -0.39 is 31.5 Å². The smallest absolute Gasteiger partial charge is 0.149 e. The summed E-state index contributed by atoms with van der Waals surface area (Å²) < 4.78 is 38.0. The fraction of sp³-hybridized carbons (Fsp3) is 1.00. The van der Waals surface area contributed by atoms with E-state index in [2.05, 4.69) is 10.0 Å². The van der Waals surface area contributed by atoms with Gasteiger partial charge in [0.25, 0.3) is 0 Å². The van der Waals surface area contributed by atoms with E-state index in [1.807, 2.05) is 20.8 Å². The lowest BCUT2D eigenvalue weighted by molar-refractivity contribution is 0.307. The van der Waals surface area contributed by atoms with E-state index in [0.29, 0.717) is 12.8 Å². The number of hydrogen-bond acceptors (Lipinski definition) is 5. The molecular formula is C11H24N2O3S2. The third-order valence-electron chi connectivity index (χ3n) is 2.96. The molecule has 5 nitrogen and oxygen atoms in total. The molecule has 1 rings (SSSR count). The van der Waals surface area contributed by atoms with Crippen LogP contribution in [0.15, 0.2) is 0 Å². The Hall–Kier alpha value is 0.180. The largest absolute Gasteiger partial charge is 0.598 e. The standard InChI is InChI=1S/C11H24N2O3S2/c1-10(2,3)17(14)13-11(9-18(4,15)16)5-7-12-8-6-11/h12-13H,5-9H2,1-4H3. The van der Waals surface area contributed by atoms with Crippen LogP contribution in [-0.4, -0.2) is 48.4 Å². The number of sulfone groups is 1. The van der Waals surface area contributed by atoms with Gasteiger partial charge in [-0.3, -0.25) is 0 Å². The van der Waals surface area contributed by atoms with Crippen molar-refractivity contribution in [2.45, 2.75) is 43.9 Å². The van der Waals surface area contributed by atoms with Gasteiger partial charge in [0.1, 0.15) is 14.6 Å². The maximum absolute atomic E-state index is 12.2. The Morgan fingerprint density at radius 1 is 1.33 bits per heavy atom.